The van der Waals surface area contributed by atoms with Crippen molar-refractivity contribution in [1.82, 2.24) is 0 Å². The molecule has 0 aromatic heterocycles. The largest absolute Gasteiger partial charge is 0.400 e. The Balaban J connectivity index is 4.93. The molecule has 0 bridgehead atoms. The predicted octanol–water partition coefficient (Wildman–Crippen LogP) is 1.31. The van der Waals surface area contributed by atoms with Crippen molar-refractivity contribution in [3.63, 3.8) is 0 Å². The maximum absolute atomic E-state index is 11.7. The van der Waals surface area contributed by atoms with Crippen LogP contribution in [-0.2, 0) is 41.9 Å². The van der Waals surface area contributed by atoms with E-state index in [0.717, 1.165) is 5.57 Å². The summed E-state index contributed by atoms with van der Waals surface area (Å²) in [5.41, 5.74) is 0.804. The van der Waals surface area contributed by atoms with Gasteiger partial charge in [-0.1, -0.05) is 0 Å². The molecule has 0 atom stereocenters. The summed E-state index contributed by atoms with van der Waals surface area (Å²) in [6, 6.07) is 0. The first-order valence-corrected chi connectivity index (χ1v) is 10.5. The fourth-order valence-electron chi connectivity index (χ4n) is 1.24. The van der Waals surface area contributed by atoms with Crippen molar-refractivity contribution in [2.24, 2.45) is 0 Å². The monoisotopic (exact) mass is 269 g/mol. The van der Waals surface area contributed by atoms with Crippen LogP contribution in [0.1, 0.15) is 6.92 Å². The standard InChI is InChI=1S/C10H21O2S3/c1-8(9(11)12-15(6)7)10(13(2)3)14(4)5/h1-7H3/q+3. The van der Waals surface area contributed by atoms with E-state index in [1.807, 2.05) is 19.4 Å². The topological polar surface area (TPSA) is 26.3 Å². The highest BCUT2D eigenvalue weighted by Crippen LogP contribution is 2.19. The van der Waals surface area contributed by atoms with Gasteiger partial charge in [0, 0.05) is 0 Å². The van der Waals surface area contributed by atoms with Gasteiger partial charge in [-0.05, 0) is 6.92 Å². The first-order chi connectivity index (χ1) is 6.77. The van der Waals surface area contributed by atoms with Crippen LogP contribution < -0.4 is 0 Å². The molecule has 0 aromatic carbocycles. The van der Waals surface area contributed by atoms with Crippen molar-refractivity contribution < 1.29 is 8.98 Å². The van der Waals surface area contributed by atoms with Gasteiger partial charge in [0.15, 0.2) is 11.2 Å². The van der Waals surface area contributed by atoms with Gasteiger partial charge >= 0.3 is 10.2 Å². The molecule has 0 rings (SSSR count). The third-order valence-corrected chi connectivity index (χ3v) is 6.18. The molecule has 0 unspecified atom stereocenters. The second kappa shape index (κ2) is 6.76. The zero-order valence-electron chi connectivity index (χ0n) is 10.5. The van der Waals surface area contributed by atoms with Crippen LogP contribution in [0.5, 0.6) is 0 Å². The quantitative estimate of drug-likeness (QED) is 0.568. The van der Waals surface area contributed by atoms with Gasteiger partial charge in [0.25, 0.3) is 0 Å². The second-order valence-corrected chi connectivity index (χ2v) is 9.65. The fourth-order valence-corrected chi connectivity index (χ4v) is 5.73. The number of carbonyl (C=O) groups excluding carboxylic acids is 1. The van der Waals surface area contributed by atoms with Crippen LogP contribution >= 0.6 is 0 Å². The maximum atomic E-state index is 11.7. The molecular formula is C10H21O2S3+3. The van der Waals surface area contributed by atoms with Crippen molar-refractivity contribution in [2.45, 2.75) is 6.92 Å². The number of rotatable bonds is 4. The first-order valence-electron chi connectivity index (χ1n) is 4.43. The average molecular weight is 269 g/mol. The first kappa shape index (κ1) is 15.3. The molecule has 15 heavy (non-hydrogen) atoms. The Morgan fingerprint density at radius 1 is 0.933 bits per heavy atom. The number of carbonyl (C=O) groups is 1. The lowest BCUT2D eigenvalue weighted by atomic mass is 10.4. The van der Waals surface area contributed by atoms with Gasteiger partial charge in [0.1, 0.15) is 43.1 Å². The molecule has 0 saturated heterocycles. The minimum atomic E-state index is -0.287. The molecule has 0 aliphatic rings. The molecule has 0 radical (unpaired) electrons. The maximum Gasteiger partial charge on any atom is 0.400 e. The van der Waals surface area contributed by atoms with E-state index < -0.39 is 0 Å². The summed E-state index contributed by atoms with van der Waals surface area (Å²) in [5, 5.41) is 0. The van der Waals surface area contributed by atoms with Crippen LogP contribution in [0.15, 0.2) is 9.81 Å². The van der Waals surface area contributed by atoms with Gasteiger partial charge in [0.2, 0.25) is 0 Å². The van der Waals surface area contributed by atoms with Crippen molar-refractivity contribution in [1.29, 1.82) is 0 Å². The highest BCUT2D eigenvalue weighted by molar-refractivity contribution is 8.18. The van der Waals surface area contributed by atoms with Crippen molar-refractivity contribution >= 4 is 38.9 Å². The molecule has 0 aliphatic heterocycles. The van der Waals surface area contributed by atoms with E-state index in [2.05, 4.69) is 25.0 Å². The van der Waals surface area contributed by atoms with Crippen LogP contribution in [-0.4, -0.2) is 43.5 Å². The Labute approximate surface area is 102 Å². The van der Waals surface area contributed by atoms with Crippen LogP contribution in [0.4, 0.5) is 0 Å². The van der Waals surface area contributed by atoms with E-state index in [1.165, 1.54) is 4.24 Å². The normalized spacial score (nSPS) is 11.1. The summed E-state index contributed by atoms with van der Waals surface area (Å²) >= 11 is -0.287. The second-order valence-electron chi connectivity index (χ2n) is 3.66. The third kappa shape index (κ3) is 5.22. The van der Waals surface area contributed by atoms with E-state index in [-0.39, 0.29) is 38.9 Å². The Kier molecular flexibility index (Phi) is 6.88. The Hall–Kier alpha value is 0.260. The SMILES string of the molecule is CC(C(=O)O[S+](C)C)=C([S+](C)C)[S+](C)C. The Morgan fingerprint density at radius 2 is 1.33 bits per heavy atom. The van der Waals surface area contributed by atoms with Gasteiger partial charge in [-0.25, -0.2) is 8.98 Å². The minimum absolute atomic E-state index is 0.145. The summed E-state index contributed by atoms with van der Waals surface area (Å²) < 4.78 is 6.49. The molecule has 0 spiro atoms. The van der Waals surface area contributed by atoms with E-state index in [1.54, 1.807) is 0 Å². The minimum Gasteiger partial charge on any atom is -0.243 e. The Bertz CT molecular complexity index is 247. The molecule has 2 nitrogen and oxygen atoms in total. The Morgan fingerprint density at radius 3 is 1.60 bits per heavy atom. The zero-order chi connectivity index (χ0) is 12.2. The number of hydrogen-bond acceptors (Lipinski definition) is 2. The molecule has 0 amide bonds. The molecule has 5 heteroatoms. The van der Waals surface area contributed by atoms with Gasteiger partial charge in [0.05, 0.1) is 21.8 Å². The van der Waals surface area contributed by atoms with Gasteiger partial charge in [-0.2, -0.15) is 0 Å². The van der Waals surface area contributed by atoms with E-state index >= 15 is 0 Å². The summed E-state index contributed by atoms with van der Waals surface area (Å²) in [6.07, 6.45) is 12.4. The molecule has 0 saturated carbocycles. The van der Waals surface area contributed by atoms with E-state index in [0.29, 0.717) is 0 Å². The lowest BCUT2D eigenvalue weighted by Gasteiger charge is -2.02. The summed E-state index contributed by atoms with van der Waals surface area (Å²) in [6.45, 7) is 1.88. The molecule has 0 N–H and O–H groups in total. The third-order valence-electron chi connectivity index (χ3n) is 1.60. The molecule has 0 fully saturated rings. The van der Waals surface area contributed by atoms with E-state index in [9.17, 15) is 4.79 Å². The van der Waals surface area contributed by atoms with Gasteiger partial charge in [-0.15, -0.1) is 0 Å². The summed E-state index contributed by atoms with van der Waals surface area (Å²) in [7, 11) is 0.291. The lowest BCUT2D eigenvalue weighted by molar-refractivity contribution is -0.129. The van der Waals surface area contributed by atoms with Crippen molar-refractivity contribution in [3.05, 3.63) is 9.81 Å². The van der Waals surface area contributed by atoms with Crippen molar-refractivity contribution in [3.8, 4) is 0 Å². The average Bonchev–Trinajstić information content (AvgIpc) is 2.00. The highest BCUT2D eigenvalue weighted by Gasteiger charge is 2.35. The highest BCUT2D eigenvalue weighted by atomic mass is 32.3. The molecule has 88 valence electrons. The molecule has 0 aromatic rings. The van der Waals surface area contributed by atoms with E-state index in [4.69, 9.17) is 4.18 Å². The smallest absolute Gasteiger partial charge is 0.243 e. The van der Waals surface area contributed by atoms with Crippen LogP contribution in [0.3, 0.4) is 0 Å². The van der Waals surface area contributed by atoms with Crippen molar-refractivity contribution in [2.75, 3.05) is 37.5 Å². The van der Waals surface area contributed by atoms with Crippen LogP contribution in [0.25, 0.3) is 0 Å². The summed E-state index contributed by atoms with van der Waals surface area (Å²) in [5.74, 6) is -0.152. The number of hydrogen-bond donors (Lipinski definition) is 0. The van der Waals surface area contributed by atoms with Gasteiger partial charge < -0.3 is 0 Å². The molecule has 0 aliphatic carbocycles. The van der Waals surface area contributed by atoms with Crippen LogP contribution in [0, 0.1) is 0 Å². The lowest BCUT2D eigenvalue weighted by Crippen LogP contribution is -2.19. The van der Waals surface area contributed by atoms with Gasteiger partial charge in [-0.3, -0.25) is 0 Å². The summed E-state index contributed by atoms with van der Waals surface area (Å²) in [4.78, 5) is 11.7. The fraction of sp³-hybridized carbons (Fsp3) is 0.700. The zero-order valence-corrected chi connectivity index (χ0v) is 13.0. The molecule has 0 heterocycles. The van der Waals surface area contributed by atoms with Crippen LogP contribution in [0.2, 0.25) is 0 Å². The predicted molar refractivity (Wildman–Crippen MR) is 76.4 cm³/mol. The molecular weight excluding hydrogens is 248 g/mol.